The van der Waals surface area contributed by atoms with Crippen molar-refractivity contribution in [2.45, 2.75) is 20.0 Å². The van der Waals surface area contributed by atoms with Crippen molar-refractivity contribution in [3.8, 4) is 0 Å². The van der Waals surface area contributed by atoms with E-state index in [1.807, 2.05) is 14.0 Å². The average molecular weight is 428 g/mol. The first kappa shape index (κ1) is 27.7. The van der Waals surface area contributed by atoms with E-state index in [0.717, 1.165) is 38.3 Å². The summed E-state index contributed by atoms with van der Waals surface area (Å²) in [7, 11) is 4.04. The largest absolute Gasteiger partial charge is 0.352 e. The van der Waals surface area contributed by atoms with E-state index in [1.165, 1.54) is 5.56 Å². The number of rotatable bonds is 7. The molecule has 0 radical (unpaired) electrons. The van der Waals surface area contributed by atoms with Crippen LogP contribution in [0.1, 0.15) is 18.1 Å². The van der Waals surface area contributed by atoms with E-state index in [4.69, 9.17) is 0 Å². The van der Waals surface area contributed by atoms with Crippen LogP contribution in [0, 0.1) is 5.92 Å². The molecule has 1 aliphatic rings. The normalized spacial score (nSPS) is 15.8. The van der Waals surface area contributed by atoms with Crippen molar-refractivity contribution in [1.29, 1.82) is 0 Å². The van der Waals surface area contributed by atoms with Crippen LogP contribution in [-0.2, 0) is 17.9 Å². The summed E-state index contributed by atoms with van der Waals surface area (Å²) in [5, 5.41) is 6.02. The van der Waals surface area contributed by atoms with Gasteiger partial charge in [-0.3, -0.25) is 9.69 Å². The zero-order chi connectivity index (χ0) is 16.7. The van der Waals surface area contributed by atoms with E-state index in [0.29, 0.717) is 13.1 Å². The molecule has 1 aliphatic heterocycles. The summed E-state index contributed by atoms with van der Waals surface area (Å²) in [6, 6.07) is 8.59. The Kier molecular flexibility index (Phi) is 15.4. The minimum atomic E-state index is -0.00324. The Morgan fingerprint density at radius 2 is 1.58 bits per heavy atom. The molecule has 152 valence electrons. The van der Waals surface area contributed by atoms with Gasteiger partial charge in [0.05, 0.1) is 0 Å². The number of benzene rings is 1. The number of nitrogens with zero attached hydrogens (tertiary/aromatic N) is 2. The summed E-state index contributed by atoms with van der Waals surface area (Å²) in [4.78, 5) is 16.8. The lowest BCUT2D eigenvalue weighted by molar-refractivity contribution is -0.124. The Hall–Kier alpha value is -0.560. The predicted octanol–water partition coefficient (Wildman–Crippen LogP) is 2.17. The van der Waals surface area contributed by atoms with Crippen LogP contribution in [0.5, 0.6) is 0 Å². The number of amides is 1. The standard InChI is InChI=1S/C18H30N4O.3ClH/c1-15(12-19-2)18(23)20-13-16-4-6-17(7-5-16)14-22-10-8-21(3)9-11-22;;;/h4-7,15,19H,8-14H2,1-3H3,(H,20,23);3*1H. The first-order chi connectivity index (χ1) is 11.1. The van der Waals surface area contributed by atoms with Gasteiger partial charge in [-0.05, 0) is 25.2 Å². The first-order valence-corrected chi connectivity index (χ1v) is 8.49. The summed E-state index contributed by atoms with van der Waals surface area (Å²) < 4.78 is 0. The van der Waals surface area contributed by atoms with E-state index in [9.17, 15) is 4.79 Å². The molecule has 8 heteroatoms. The van der Waals surface area contributed by atoms with Crippen molar-refractivity contribution >= 4 is 43.1 Å². The molecular weight excluding hydrogens is 395 g/mol. The molecule has 0 aliphatic carbocycles. The van der Waals surface area contributed by atoms with Crippen LogP contribution in [0.4, 0.5) is 0 Å². The summed E-state index contributed by atoms with van der Waals surface area (Å²) in [5.74, 6) is 0.0948. The summed E-state index contributed by atoms with van der Waals surface area (Å²) in [6.45, 7) is 8.82. The van der Waals surface area contributed by atoms with Gasteiger partial charge in [-0.1, -0.05) is 31.2 Å². The molecule has 0 bridgehead atoms. The van der Waals surface area contributed by atoms with Crippen molar-refractivity contribution in [3.05, 3.63) is 35.4 Å². The summed E-state index contributed by atoms with van der Waals surface area (Å²) in [6.07, 6.45) is 0. The SMILES string of the molecule is CNCC(C)C(=O)NCc1ccc(CN2CCN(C)CC2)cc1.Cl.Cl.Cl. The van der Waals surface area contributed by atoms with Crippen molar-refractivity contribution in [2.75, 3.05) is 46.8 Å². The molecule has 0 aromatic heterocycles. The molecule has 1 aromatic rings. The third kappa shape index (κ3) is 9.40. The van der Waals surface area contributed by atoms with Gasteiger partial charge < -0.3 is 15.5 Å². The van der Waals surface area contributed by atoms with Crippen LogP contribution >= 0.6 is 37.2 Å². The molecular formula is C18H33Cl3N4O. The van der Waals surface area contributed by atoms with Gasteiger partial charge in [0.15, 0.2) is 0 Å². The topological polar surface area (TPSA) is 47.6 Å². The van der Waals surface area contributed by atoms with Crippen LogP contribution in [0.2, 0.25) is 0 Å². The lowest BCUT2D eigenvalue weighted by Gasteiger charge is -2.32. The maximum Gasteiger partial charge on any atom is 0.224 e. The maximum atomic E-state index is 11.9. The molecule has 0 saturated carbocycles. The van der Waals surface area contributed by atoms with Gasteiger partial charge in [-0.25, -0.2) is 0 Å². The molecule has 1 saturated heterocycles. The van der Waals surface area contributed by atoms with Gasteiger partial charge in [-0.15, -0.1) is 37.2 Å². The molecule has 0 spiro atoms. The molecule has 5 nitrogen and oxygen atoms in total. The Bertz CT molecular complexity index is 494. The number of nitrogens with one attached hydrogen (secondary N) is 2. The Balaban J connectivity index is 0. The average Bonchev–Trinajstić information content (AvgIpc) is 2.56. The minimum Gasteiger partial charge on any atom is -0.352 e. The van der Waals surface area contributed by atoms with Gasteiger partial charge in [0.1, 0.15) is 0 Å². The smallest absolute Gasteiger partial charge is 0.224 e. The van der Waals surface area contributed by atoms with Crippen molar-refractivity contribution in [2.24, 2.45) is 5.92 Å². The highest BCUT2D eigenvalue weighted by Gasteiger charge is 2.14. The minimum absolute atomic E-state index is 0. The predicted molar refractivity (Wildman–Crippen MR) is 116 cm³/mol. The number of halogens is 3. The van der Waals surface area contributed by atoms with Gasteiger partial charge in [0.25, 0.3) is 0 Å². The third-order valence-corrected chi connectivity index (χ3v) is 4.45. The van der Waals surface area contributed by atoms with E-state index in [-0.39, 0.29) is 49.0 Å². The van der Waals surface area contributed by atoms with Gasteiger partial charge in [0, 0.05) is 51.7 Å². The maximum absolute atomic E-state index is 11.9. The number of likely N-dealkylation sites (N-methyl/N-ethyl adjacent to an activating group) is 1. The fourth-order valence-corrected chi connectivity index (χ4v) is 2.79. The molecule has 1 unspecified atom stereocenters. The number of hydrogen-bond acceptors (Lipinski definition) is 4. The van der Waals surface area contributed by atoms with E-state index in [2.05, 4.69) is 51.7 Å². The molecule has 26 heavy (non-hydrogen) atoms. The fraction of sp³-hybridized carbons (Fsp3) is 0.611. The second kappa shape index (κ2) is 14.5. The van der Waals surface area contributed by atoms with Crippen LogP contribution in [0.25, 0.3) is 0 Å². The highest BCUT2D eigenvalue weighted by molar-refractivity contribution is 5.86. The number of piperazine rings is 1. The monoisotopic (exact) mass is 426 g/mol. The molecule has 1 atom stereocenters. The molecule has 2 rings (SSSR count). The molecule has 2 N–H and O–H groups in total. The van der Waals surface area contributed by atoms with Crippen molar-refractivity contribution < 1.29 is 4.79 Å². The summed E-state index contributed by atoms with van der Waals surface area (Å²) in [5.41, 5.74) is 2.49. The second-order valence-corrected chi connectivity index (χ2v) is 6.57. The Morgan fingerprint density at radius 1 is 1.04 bits per heavy atom. The quantitative estimate of drug-likeness (QED) is 0.700. The number of hydrogen-bond donors (Lipinski definition) is 2. The zero-order valence-electron chi connectivity index (χ0n) is 15.9. The van der Waals surface area contributed by atoms with E-state index < -0.39 is 0 Å². The van der Waals surface area contributed by atoms with Crippen LogP contribution in [0.3, 0.4) is 0 Å². The van der Waals surface area contributed by atoms with Crippen LogP contribution < -0.4 is 10.6 Å². The zero-order valence-corrected chi connectivity index (χ0v) is 18.3. The second-order valence-electron chi connectivity index (χ2n) is 6.57. The van der Waals surface area contributed by atoms with E-state index in [1.54, 1.807) is 0 Å². The Morgan fingerprint density at radius 3 is 2.12 bits per heavy atom. The van der Waals surface area contributed by atoms with Crippen molar-refractivity contribution in [1.82, 2.24) is 20.4 Å². The lowest BCUT2D eigenvalue weighted by atomic mass is 10.1. The van der Waals surface area contributed by atoms with E-state index >= 15 is 0 Å². The summed E-state index contributed by atoms with van der Waals surface area (Å²) >= 11 is 0. The number of carbonyl (C=O) groups excluding carboxylic acids is 1. The Labute approximate surface area is 176 Å². The highest BCUT2D eigenvalue weighted by Crippen LogP contribution is 2.10. The lowest BCUT2D eigenvalue weighted by Crippen LogP contribution is -2.43. The van der Waals surface area contributed by atoms with Gasteiger partial charge in [-0.2, -0.15) is 0 Å². The highest BCUT2D eigenvalue weighted by atomic mass is 35.5. The van der Waals surface area contributed by atoms with Crippen LogP contribution in [-0.4, -0.2) is 62.5 Å². The molecule has 1 heterocycles. The third-order valence-electron chi connectivity index (χ3n) is 4.45. The van der Waals surface area contributed by atoms with Gasteiger partial charge in [0.2, 0.25) is 5.91 Å². The molecule has 1 amide bonds. The molecule has 1 fully saturated rings. The fourth-order valence-electron chi connectivity index (χ4n) is 2.79. The molecule has 1 aromatic carbocycles. The van der Waals surface area contributed by atoms with Gasteiger partial charge >= 0.3 is 0 Å². The number of carbonyl (C=O) groups is 1. The van der Waals surface area contributed by atoms with Crippen LogP contribution in [0.15, 0.2) is 24.3 Å². The first-order valence-electron chi connectivity index (χ1n) is 8.49. The van der Waals surface area contributed by atoms with Crippen molar-refractivity contribution in [3.63, 3.8) is 0 Å².